The second kappa shape index (κ2) is 11.4. The molecule has 0 fully saturated rings. The third-order valence-corrected chi connectivity index (χ3v) is 4.98. The van der Waals surface area contributed by atoms with Crippen molar-refractivity contribution < 1.29 is 23.1 Å². The van der Waals surface area contributed by atoms with E-state index in [0.717, 1.165) is 18.3 Å². The molecule has 0 amide bonds. The van der Waals surface area contributed by atoms with Crippen molar-refractivity contribution >= 4 is 53.4 Å². The normalized spacial score (nSPS) is 11.0. The third kappa shape index (κ3) is 6.91. The van der Waals surface area contributed by atoms with E-state index in [-0.39, 0.29) is 13.2 Å². The van der Waals surface area contributed by atoms with Crippen molar-refractivity contribution in [3.63, 3.8) is 0 Å². The molecule has 0 aliphatic rings. The van der Waals surface area contributed by atoms with Crippen molar-refractivity contribution in [3.05, 3.63) is 42.8 Å². The van der Waals surface area contributed by atoms with Gasteiger partial charge in [0.25, 0.3) is 0 Å². The fourth-order valence-corrected chi connectivity index (χ4v) is 3.65. The van der Waals surface area contributed by atoms with Crippen molar-refractivity contribution in [1.29, 1.82) is 0 Å². The molecule has 2 rings (SSSR count). The molecule has 142 valence electrons. The van der Waals surface area contributed by atoms with E-state index in [2.05, 4.69) is 55.1 Å². The highest BCUT2D eigenvalue weighted by molar-refractivity contribution is 14.1. The van der Waals surface area contributed by atoms with Crippen LogP contribution in [-0.2, 0) is 26.8 Å². The van der Waals surface area contributed by atoms with Gasteiger partial charge in [0.1, 0.15) is 0 Å². The predicted octanol–water partition coefficient (Wildman–Crippen LogP) is 4.61. The summed E-state index contributed by atoms with van der Waals surface area (Å²) in [6, 6.07) is 3.76. The third-order valence-electron chi connectivity index (χ3n) is 3.04. The smallest absolute Gasteiger partial charge is 0.319 e. The lowest BCUT2D eigenvalue weighted by Crippen LogP contribution is -2.02. The summed E-state index contributed by atoms with van der Waals surface area (Å²) in [5, 5.41) is 0. The van der Waals surface area contributed by atoms with Crippen LogP contribution in [0.15, 0.2) is 24.5 Å². The molecule has 0 atom stereocenters. The first-order chi connectivity index (χ1) is 12.5. The number of nitrogens with zero attached hydrogens (tertiary/aromatic N) is 2. The average molecular weight is 604 g/mol. The summed E-state index contributed by atoms with van der Waals surface area (Å²) in [7, 11) is -2.69. The molecule has 0 radical (unpaired) electrons. The van der Waals surface area contributed by atoms with Gasteiger partial charge in [-0.3, -0.25) is 4.57 Å². The number of pyridine rings is 2. The van der Waals surface area contributed by atoms with Crippen LogP contribution in [0.1, 0.15) is 25.0 Å². The molecule has 7 nitrogen and oxygen atoms in total. The van der Waals surface area contributed by atoms with Gasteiger partial charge in [-0.05, 0) is 71.2 Å². The summed E-state index contributed by atoms with van der Waals surface area (Å²) in [6.45, 7) is 4.93. The van der Waals surface area contributed by atoms with Crippen LogP contribution in [0.2, 0.25) is 0 Å². The van der Waals surface area contributed by atoms with Crippen LogP contribution in [0.3, 0.4) is 0 Å². The largest absolute Gasteiger partial charge is 0.478 e. The Kier molecular flexibility index (Phi) is 9.54. The van der Waals surface area contributed by atoms with E-state index in [1.165, 1.54) is 0 Å². The van der Waals surface area contributed by atoms with Crippen LogP contribution in [0.4, 0.5) is 0 Å². The van der Waals surface area contributed by atoms with E-state index in [9.17, 15) is 4.57 Å². The zero-order chi connectivity index (χ0) is 18.9. The van der Waals surface area contributed by atoms with E-state index < -0.39 is 8.25 Å². The highest BCUT2D eigenvalue weighted by Crippen LogP contribution is 2.31. The first-order valence-electron chi connectivity index (χ1n) is 7.87. The van der Waals surface area contributed by atoms with Crippen molar-refractivity contribution in [2.45, 2.75) is 27.1 Å². The van der Waals surface area contributed by atoms with Gasteiger partial charge in [-0.15, -0.1) is 0 Å². The van der Waals surface area contributed by atoms with E-state index in [4.69, 9.17) is 18.5 Å². The van der Waals surface area contributed by atoms with Crippen LogP contribution in [0.25, 0.3) is 0 Å². The predicted molar refractivity (Wildman–Crippen MR) is 115 cm³/mol. The summed E-state index contributed by atoms with van der Waals surface area (Å²) < 4.78 is 35.6. The molecule has 2 aromatic heterocycles. The van der Waals surface area contributed by atoms with Gasteiger partial charge in [0.05, 0.1) is 26.4 Å². The highest BCUT2D eigenvalue weighted by Gasteiger charge is 2.11. The highest BCUT2D eigenvalue weighted by atomic mass is 127. The van der Waals surface area contributed by atoms with Crippen LogP contribution >= 0.6 is 53.4 Å². The Bertz CT molecular complexity index is 702. The number of halogens is 2. The molecule has 0 saturated carbocycles. The molecular formula is C16H19I2N2O5P. The Morgan fingerprint density at radius 3 is 1.69 bits per heavy atom. The minimum Gasteiger partial charge on any atom is -0.478 e. The summed E-state index contributed by atoms with van der Waals surface area (Å²) in [5.41, 5.74) is 1.46. The zero-order valence-electron chi connectivity index (χ0n) is 14.3. The van der Waals surface area contributed by atoms with E-state index in [0.29, 0.717) is 25.0 Å². The molecule has 0 spiro atoms. The van der Waals surface area contributed by atoms with Gasteiger partial charge < -0.3 is 18.5 Å². The summed E-state index contributed by atoms with van der Waals surface area (Å²) >= 11 is 4.30. The van der Waals surface area contributed by atoms with Gasteiger partial charge >= 0.3 is 8.25 Å². The molecule has 0 aliphatic carbocycles. The minimum atomic E-state index is -2.69. The second-order valence-electron chi connectivity index (χ2n) is 4.93. The number of hydrogen-bond acceptors (Lipinski definition) is 7. The monoisotopic (exact) mass is 604 g/mol. The van der Waals surface area contributed by atoms with Crippen molar-refractivity contribution in [1.82, 2.24) is 9.97 Å². The molecule has 0 bridgehead atoms. The Morgan fingerprint density at radius 2 is 1.31 bits per heavy atom. The molecule has 0 saturated heterocycles. The zero-order valence-corrected chi connectivity index (χ0v) is 19.6. The molecule has 26 heavy (non-hydrogen) atoms. The standard InChI is InChI=1S/C16H19I2N2O5P/c1-3-22-15-11(5-13(17)7-19-15)9-24-26(21)25-10-12-6-14(18)8-20-16(12)23-4-2/h5-8,26H,3-4,9-10H2,1-2H3. The quantitative estimate of drug-likeness (QED) is 0.290. The average Bonchev–Trinajstić information content (AvgIpc) is 2.62. The number of aromatic nitrogens is 2. The SMILES string of the molecule is CCOc1ncc(I)cc1CO[PH](=O)OCc1cc(I)cnc1OCC. The van der Waals surface area contributed by atoms with Crippen molar-refractivity contribution in [2.75, 3.05) is 13.2 Å². The van der Waals surface area contributed by atoms with Gasteiger partial charge in [-0.1, -0.05) is 0 Å². The summed E-state index contributed by atoms with van der Waals surface area (Å²) in [4.78, 5) is 8.43. The molecule has 0 aliphatic heterocycles. The molecule has 0 unspecified atom stereocenters. The van der Waals surface area contributed by atoms with Gasteiger partial charge in [0, 0.05) is 30.7 Å². The first kappa shape index (κ1) is 21.8. The number of hydrogen-bond donors (Lipinski definition) is 0. The first-order valence-corrected chi connectivity index (χ1v) is 11.3. The van der Waals surface area contributed by atoms with E-state index >= 15 is 0 Å². The summed E-state index contributed by atoms with van der Waals surface area (Å²) in [5.74, 6) is 0.950. The van der Waals surface area contributed by atoms with Crippen LogP contribution in [-0.4, -0.2) is 23.2 Å². The van der Waals surface area contributed by atoms with Crippen molar-refractivity contribution in [2.24, 2.45) is 0 Å². The maximum absolute atomic E-state index is 12.1. The Morgan fingerprint density at radius 1 is 0.885 bits per heavy atom. The molecule has 2 aromatic rings. The van der Waals surface area contributed by atoms with Gasteiger partial charge in [0.15, 0.2) is 0 Å². The lowest BCUT2D eigenvalue weighted by atomic mass is 10.3. The van der Waals surface area contributed by atoms with E-state index in [1.807, 2.05) is 26.0 Å². The Hall–Kier alpha value is -0.490. The lowest BCUT2D eigenvalue weighted by Gasteiger charge is -2.11. The summed E-state index contributed by atoms with van der Waals surface area (Å²) in [6.07, 6.45) is 3.40. The topological polar surface area (TPSA) is 79.8 Å². The molecule has 0 N–H and O–H groups in total. The van der Waals surface area contributed by atoms with Gasteiger partial charge in [-0.2, -0.15) is 0 Å². The lowest BCUT2D eigenvalue weighted by molar-refractivity contribution is 0.205. The fourth-order valence-electron chi connectivity index (χ4n) is 1.99. The van der Waals surface area contributed by atoms with Crippen LogP contribution in [0, 0.1) is 7.14 Å². The van der Waals surface area contributed by atoms with Crippen LogP contribution in [0.5, 0.6) is 11.8 Å². The minimum absolute atomic E-state index is 0.0971. The fraction of sp³-hybridized carbons (Fsp3) is 0.375. The van der Waals surface area contributed by atoms with Gasteiger partial charge in [0.2, 0.25) is 11.8 Å². The molecular weight excluding hydrogens is 585 g/mol. The van der Waals surface area contributed by atoms with Gasteiger partial charge in [-0.25, -0.2) is 9.97 Å². The molecule has 10 heteroatoms. The van der Waals surface area contributed by atoms with Crippen molar-refractivity contribution in [3.8, 4) is 11.8 Å². The van der Waals surface area contributed by atoms with E-state index in [1.54, 1.807) is 12.4 Å². The maximum atomic E-state index is 12.1. The Labute approximate surface area is 180 Å². The molecule has 0 aromatic carbocycles. The number of ether oxygens (including phenoxy) is 2. The Balaban J connectivity index is 1.94. The van der Waals surface area contributed by atoms with Crippen LogP contribution < -0.4 is 9.47 Å². The maximum Gasteiger partial charge on any atom is 0.319 e. The second-order valence-corrected chi connectivity index (χ2v) is 8.50. The number of rotatable bonds is 10. The molecule has 2 heterocycles.